The highest BCUT2D eigenvalue weighted by Crippen LogP contribution is 2.43. The summed E-state index contributed by atoms with van der Waals surface area (Å²) in [5.41, 5.74) is 11.6. The second-order valence-corrected chi connectivity index (χ2v) is 9.28. The minimum Gasteiger partial charge on any atom is -0.366 e. The monoisotopic (exact) mass is 452 g/mol. The number of anilines is 1. The van der Waals surface area contributed by atoms with E-state index in [4.69, 9.17) is 15.7 Å². The Kier molecular flexibility index (Phi) is 5.07. The topological polar surface area (TPSA) is 89.1 Å². The minimum absolute atomic E-state index is 0.375. The summed E-state index contributed by atoms with van der Waals surface area (Å²) in [6.45, 7) is 4.66. The van der Waals surface area contributed by atoms with Gasteiger partial charge in [0.25, 0.3) is 0 Å². The van der Waals surface area contributed by atoms with E-state index in [0.717, 1.165) is 47.6 Å². The first-order valence-electron chi connectivity index (χ1n) is 11.9. The molecule has 1 fully saturated rings. The van der Waals surface area contributed by atoms with Gasteiger partial charge in [-0.3, -0.25) is 14.3 Å². The van der Waals surface area contributed by atoms with E-state index < -0.39 is 5.91 Å². The molecule has 172 valence electrons. The molecule has 1 amide bonds. The van der Waals surface area contributed by atoms with Gasteiger partial charge >= 0.3 is 0 Å². The fraction of sp³-hybridized carbons (Fsp3) is 0.296. The number of rotatable bonds is 5. The van der Waals surface area contributed by atoms with Crippen molar-refractivity contribution >= 4 is 22.6 Å². The molecule has 6 rings (SSSR count). The number of aryl methyl sites for hydroxylation is 1. The Hall–Kier alpha value is -3.71. The summed E-state index contributed by atoms with van der Waals surface area (Å²) in [4.78, 5) is 24.7. The Morgan fingerprint density at radius 3 is 2.79 bits per heavy atom. The maximum atomic E-state index is 12.0. The molecule has 0 spiro atoms. The van der Waals surface area contributed by atoms with Crippen LogP contribution in [0, 0.1) is 6.92 Å². The molecule has 2 aliphatic rings. The largest absolute Gasteiger partial charge is 0.366 e. The molecule has 0 radical (unpaired) electrons. The molecule has 3 N–H and O–H groups in total. The lowest BCUT2D eigenvalue weighted by molar-refractivity contribution is 0.100. The van der Waals surface area contributed by atoms with Crippen LogP contribution in [0.1, 0.15) is 58.2 Å². The fourth-order valence-corrected chi connectivity index (χ4v) is 5.53. The van der Waals surface area contributed by atoms with Gasteiger partial charge in [-0.05, 0) is 50.1 Å². The average molecular weight is 453 g/mol. The fourth-order valence-electron chi connectivity index (χ4n) is 5.53. The molecule has 2 aromatic carbocycles. The normalized spacial score (nSPS) is 17.5. The molecule has 2 aliphatic heterocycles. The van der Waals surface area contributed by atoms with Crippen molar-refractivity contribution in [1.29, 1.82) is 0 Å². The number of piperidine rings is 1. The molecule has 0 bridgehead atoms. The highest BCUT2D eigenvalue weighted by atomic mass is 16.1. The number of amides is 1. The number of hydrogen-bond donors (Lipinski definition) is 2. The van der Waals surface area contributed by atoms with E-state index in [2.05, 4.69) is 34.5 Å². The van der Waals surface area contributed by atoms with Crippen LogP contribution in [0.5, 0.6) is 0 Å². The van der Waals surface area contributed by atoms with Crippen LogP contribution in [0.3, 0.4) is 0 Å². The van der Waals surface area contributed by atoms with E-state index in [-0.39, 0.29) is 0 Å². The molecule has 0 aliphatic carbocycles. The molecule has 7 nitrogen and oxygen atoms in total. The highest BCUT2D eigenvalue weighted by Gasteiger charge is 2.36. The number of aromatic nitrogens is 3. The molecular weight excluding hydrogens is 424 g/mol. The maximum Gasteiger partial charge on any atom is 0.249 e. The first kappa shape index (κ1) is 20.9. The number of nitrogens with two attached hydrogens (primary N) is 1. The molecule has 4 aromatic rings. The molecule has 4 heterocycles. The summed E-state index contributed by atoms with van der Waals surface area (Å²) < 4.78 is 2.03. The van der Waals surface area contributed by atoms with Gasteiger partial charge in [0.1, 0.15) is 5.82 Å². The zero-order valence-electron chi connectivity index (χ0n) is 19.3. The summed E-state index contributed by atoms with van der Waals surface area (Å²) in [5, 5.41) is 4.46. The van der Waals surface area contributed by atoms with Gasteiger partial charge in [0.05, 0.1) is 11.2 Å². The standard InChI is InChI=1S/C27H28N6O/c1-17-14-20-19(25(28)34)10-7-12-22(20)33(17)27-30-21-16-32-13-6-5-11-23(32)24(21)26(31-27)29-15-18-8-3-2-4-9-18/h2-4,7-10,12,14,23H,5-6,11,13,15-16H2,1H3,(H2,28,34)(H,29,30,31). The van der Waals surface area contributed by atoms with Crippen molar-refractivity contribution in [3.05, 3.63) is 82.7 Å². The van der Waals surface area contributed by atoms with Crippen molar-refractivity contribution in [2.24, 2.45) is 5.73 Å². The first-order chi connectivity index (χ1) is 16.6. The van der Waals surface area contributed by atoms with E-state index in [1.165, 1.54) is 24.0 Å². The van der Waals surface area contributed by atoms with Gasteiger partial charge in [0.15, 0.2) is 0 Å². The molecule has 0 saturated carbocycles. The number of fused-ring (bicyclic) bond motifs is 4. The third kappa shape index (κ3) is 3.44. The van der Waals surface area contributed by atoms with Crippen molar-refractivity contribution in [3.8, 4) is 5.95 Å². The summed E-state index contributed by atoms with van der Waals surface area (Å²) >= 11 is 0. The van der Waals surface area contributed by atoms with Crippen molar-refractivity contribution in [3.63, 3.8) is 0 Å². The Morgan fingerprint density at radius 2 is 1.97 bits per heavy atom. The van der Waals surface area contributed by atoms with E-state index in [0.29, 0.717) is 24.1 Å². The minimum atomic E-state index is -0.431. The zero-order valence-corrected chi connectivity index (χ0v) is 19.3. The Bertz CT molecular complexity index is 1390. The SMILES string of the molecule is Cc1cc2c(C(N)=O)cccc2n1-c1nc2c(c(NCc3ccccc3)n1)C1CCCCN1C2. The number of nitrogens with one attached hydrogen (secondary N) is 1. The second kappa shape index (κ2) is 8.25. The summed E-state index contributed by atoms with van der Waals surface area (Å²) in [6, 6.07) is 18.4. The van der Waals surface area contributed by atoms with Gasteiger partial charge in [-0.15, -0.1) is 0 Å². The number of hydrogen-bond acceptors (Lipinski definition) is 5. The van der Waals surface area contributed by atoms with Crippen molar-refractivity contribution < 1.29 is 4.79 Å². The van der Waals surface area contributed by atoms with Crippen LogP contribution in [0.4, 0.5) is 5.82 Å². The van der Waals surface area contributed by atoms with Gasteiger partial charge in [-0.1, -0.05) is 42.8 Å². The van der Waals surface area contributed by atoms with Gasteiger partial charge in [0.2, 0.25) is 11.9 Å². The smallest absolute Gasteiger partial charge is 0.249 e. The number of carbonyl (C=O) groups is 1. The van der Waals surface area contributed by atoms with E-state index in [9.17, 15) is 4.79 Å². The molecule has 2 aromatic heterocycles. The summed E-state index contributed by atoms with van der Waals surface area (Å²) in [6.07, 6.45) is 3.61. The number of primary amides is 1. The molecule has 1 saturated heterocycles. The first-order valence-corrected chi connectivity index (χ1v) is 11.9. The Labute approximate surface area is 198 Å². The van der Waals surface area contributed by atoms with Crippen molar-refractivity contribution in [2.75, 3.05) is 11.9 Å². The second-order valence-electron chi connectivity index (χ2n) is 9.28. The highest BCUT2D eigenvalue weighted by molar-refractivity contribution is 6.06. The van der Waals surface area contributed by atoms with Gasteiger partial charge < -0.3 is 11.1 Å². The van der Waals surface area contributed by atoms with Crippen LogP contribution in [0.15, 0.2) is 54.6 Å². The van der Waals surface area contributed by atoms with Gasteiger partial charge in [-0.25, -0.2) is 4.98 Å². The van der Waals surface area contributed by atoms with Gasteiger partial charge in [0, 0.05) is 41.3 Å². The van der Waals surface area contributed by atoms with E-state index in [1.54, 1.807) is 6.07 Å². The number of nitrogens with zero attached hydrogens (tertiary/aromatic N) is 4. The van der Waals surface area contributed by atoms with Crippen LogP contribution in [0.25, 0.3) is 16.9 Å². The van der Waals surface area contributed by atoms with Crippen LogP contribution in [-0.4, -0.2) is 31.9 Å². The Morgan fingerprint density at radius 1 is 1.12 bits per heavy atom. The lowest BCUT2D eigenvalue weighted by Crippen LogP contribution is -2.27. The molecule has 34 heavy (non-hydrogen) atoms. The summed E-state index contributed by atoms with van der Waals surface area (Å²) in [5.74, 6) is 1.11. The van der Waals surface area contributed by atoms with Crippen LogP contribution < -0.4 is 11.1 Å². The predicted molar refractivity (Wildman–Crippen MR) is 133 cm³/mol. The van der Waals surface area contributed by atoms with Crippen LogP contribution in [-0.2, 0) is 13.1 Å². The quantitative estimate of drug-likeness (QED) is 0.466. The predicted octanol–water partition coefficient (Wildman–Crippen LogP) is 4.48. The zero-order chi connectivity index (χ0) is 23.2. The van der Waals surface area contributed by atoms with Gasteiger partial charge in [-0.2, -0.15) is 4.98 Å². The van der Waals surface area contributed by atoms with Crippen molar-refractivity contribution in [1.82, 2.24) is 19.4 Å². The summed E-state index contributed by atoms with van der Waals surface area (Å²) in [7, 11) is 0. The van der Waals surface area contributed by atoms with Crippen LogP contribution >= 0.6 is 0 Å². The number of benzene rings is 2. The number of carbonyl (C=O) groups excluding carboxylic acids is 1. The average Bonchev–Trinajstić information content (AvgIpc) is 3.39. The van der Waals surface area contributed by atoms with E-state index >= 15 is 0 Å². The molecular formula is C27H28N6O. The third-order valence-electron chi connectivity index (χ3n) is 7.11. The third-order valence-corrected chi connectivity index (χ3v) is 7.11. The Balaban J connectivity index is 1.49. The maximum absolute atomic E-state index is 12.0. The van der Waals surface area contributed by atoms with Crippen LogP contribution in [0.2, 0.25) is 0 Å². The molecule has 1 unspecified atom stereocenters. The molecule has 1 atom stereocenters. The lowest BCUT2D eigenvalue weighted by Gasteiger charge is -2.29. The van der Waals surface area contributed by atoms with Crippen molar-refractivity contribution in [2.45, 2.75) is 45.3 Å². The lowest BCUT2D eigenvalue weighted by atomic mass is 9.99. The van der Waals surface area contributed by atoms with E-state index in [1.807, 2.05) is 35.8 Å². The molecule has 7 heteroatoms.